The number of azo groups is 1. The van der Waals surface area contributed by atoms with Gasteiger partial charge in [-0.15, -0.1) is 10.2 Å². The van der Waals surface area contributed by atoms with Crippen LogP contribution >= 0.6 is 0 Å². The summed E-state index contributed by atoms with van der Waals surface area (Å²) >= 11 is 0. The molecule has 0 amide bonds. The number of pyridine rings is 1. The summed E-state index contributed by atoms with van der Waals surface area (Å²) in [4.78, 5) is 2.19. The predicted octanol–water partition coefficient (Wildman–Crippen LogP) is 2.55. The second-order valence-corrected chi connectivity index (χ2v) is 8.26. The fraction of sp³-hybridized carbons (Fsp3) is 0. The highest BCUT2D eigenvalue weighted by Crippen LogP contribution is 2.45. The van der Waals surface area contributed by atoms with Gasteiger partial charge in [0.2, 0.25) is 0 Å². The van der Waals surface area contributed by atoms with E-state index in [0.717, 1.165) is 12.1 Å². The summed E-state index contributed by atoms with van der Waals surface area (Å²) in [5, 5.41) is 27.1. The SMILES string of the molecule is O=S(=O)(O)c1cc(O)c2c(O)c(N=Nc3ccccn3)c(S(=O)(=O)O)cc2c1. The minimum Gasteiger partial charge on any atom is -0.507 e. The topological polar surface area (TPSA) is 187 Å². The van der Waals surface area contributed by atoms with Gasteiger partial charge in [0.25, 0.3) is 20.2 Å². The highest BCUT2D eigenvalue weighted by atomic mass is 32.2. The Labute approximate surface area is 158 Å². The molecule has 0 aliphatic rings. The van der Waals surface area contributed by atoms with Gasteiger partial charge in [-0.25, -0.2) is 4.98 Å². The predicted molar refractivity (Wildman–Crippen MR) is 95.3 cm³/mol. The lowest BCUT2D eigenvalue weighted by atomic mass is 10.1. The van der Waals surface area contributed by atoms with Crippen LogP contribution in [0.3, 0.4) is 0 Å². The van der Waals surface area contributed by atoms with Crippen molar-refractivity contribution in [1.29, 1.82) is 0 Å². The van der Waals surface area contributed by atoms with E-state index in [1.807, 2.05) is 0 Å². The molecular weight excluding hydrogens is 414 g/mol. The van der Waals surface area contributed by atoms with E-state index in [9.17, 15) is 31.6 Å². The Morgan fingerprint density at radius 1 is 0.893 bits per heavy atom. The normalized spacial score (nSPS) is 12.6. The number of phenols is 2. The summed E-state index contributed by atoms with van der Waals surface area (Å²) in [5.41, 5.74) is -0.699. The molecule has 4 N–H and O–H groups in total. The van der Waals surface area contributed by atoms with E-state index < -0.39 is 47.2 Å². The molecule has 0 atom stereocenters. The van der Waals surface area contributed by atoms with Crippen molar-refractivity contribution in [3.05, 3.63) is 42.6 Å². The second-order valence-electron chi connectivity index (χ2n) is 5.45. The minimum absolute atomic E-state index is 0.0641. The van der Waals surface area contributed by atoms with Gasteiger partial charge in [-0.3, -0.25) is 9.11 Å². The molecule has 1 heterocycles. The Hall–Kier alpha value is -3.13. The van der Waals surface area contributed by atoms with Crippen molar-refractivity contribution >= 4 is 42.5 Å². The van der Waals surface area contributed by atoms with Crippen molar-refractivity contribution in [3.63, 3.8) is 0 Å². The summed E-state index contributed by atoms with van der Waals surface area (Å²) < 4.78 is 64.6. The molecule has 0 aliphatic carbocycles. The maximum absolute atomic E-state index is 11.7. The van der Waals surface area contributed by atoms with Crippen LogP contribution in [-0.4, -0.2) is 41.1 Å². The lowest BCUT2D eigenvalue weighted by Crippen LogP contribution is -2.01. The molecule has 0 unspecified atom stereocenters. The Morgan fingerprint density at radius 2 is 1.61 bits per heavy atom. The molecular formula is C15H11N3O8S2. The summed E-state index contributed by atoms with van der Waals surface area (Å²) in [6, 6.07) is 6.84. The van der Waals surface area contributed by atoms with Crippen LogP contribution in [0.5, 0.6) is 11.5 Å². The van der Waals surface area contributed by atoms with Gasteiger partial charge in [-0.1, -0.05) is 6.07 Å². The first-order valence-corrected chi connectivity index (χ1v) is 10.2. The van der Waals surface area contributed by atoms with Crippen molar-refractivity contribution in [2.45, 2.75) is 9.79 Å². The first kappa shape index (κ1) is 19.6. The van der Waals surface area contributed by atoms with Crippen LogP contribution in [0, 0.1) is 0 Å². The van der Waals surface area contributed by atoms with Crippen LogP contribution in [0.15, 0.2) is 62.6 Å². The van der Waals surface area contributed by atoms with Gasteiger partial charge in [0.05, 0.1) is 10.3 Å². The van der Waals surface area contributed by atoms with Crippen molar-refractivity contribution in [3.8, 4) is 11.5 Å². The van der Waals surface area contributed by atoms with Gasteiger partial charge < -0.3 is 10.2 Å². The van der Waals surface area contributed by atoms with E-state index in [2.05, 4.69) is 15.2 Å². The van der Waals surface area contributed by atoms with Crippen LogP contribution in [0.4, 0.5) is 11.5 Å². The van der Waals surface area contributed by atoms with Crippen LogP contribution in [0.1, 0.15) is 0 Å². The zero-order chi connectivity index (χ0) is 20.7. The number of hydrogen-bond acceptors (Lipinski definition) is 9. The molecule has 0 spiro atoms. The highest BCUT2D eigenvalue weighted by molar-refractivity contribution is 7.86. The lowest BCUT2D eigenvalue weighted by Gasteiger charge is -2.11. The molecule has 146 valence electrons. The van der Waals surface area contributed by atoms with Crippen molar-refractivity contribution in [2.24, 2.45) is 10.2 Å². The van der Waals surface area contributed by atoms with E-state index in [4.69, 9.17) is 4.55 Å². The molecule has 28 heavy (non-hydrogen) atoms. The molecule has 0 radical (unpaired) electrons. The van der Waals surface area contributed by atoms with Crippen LogP contribution in [0.2, 0.25) is 0 Å². The number of benzene rings is 2. The molecule has 0 saturated carbocycles. The summed E-state index contributed by atoms with van der Waals surface area (Å²) in [6.07, 6.45) is 1.39. The van der Waals surface area contributed by atoms with Gasteiger partial charge in [-0.05, 0) is 29.7 Å². The van der Waals surface area contributed by atoms with Gasteiger partial charge in [-0.2, -0.15) is 16.8 Å². The minimum atomic E-state index is -4.94. The molecule has 0 aliphatic heterocycles. The van der Waals surface area contributed by atoms with E-state index in [-0.39, 0.29) is 16.6 Å². The van der Waals surface area contributed by atoms with Crippen LogP contribution in [0.25, 0.3) is 10.8 Å². The quantitative estimate of drug-likeness (QED) is 0.360. The Morgan fingerprint density at radius 3 is 2.18 bits per heavy atom. The zero-order valence-corrected chi connectivity index (χ0v) is 15.3. The highest BCUT2D eigenvalue weighted by Gasteiger charge is 2.25. The lowest BCUT2D eigenvalue weighted by molar-refractivity contribution is 0.457. The van der Waals surface area contributed by atoms with E-state index in [1.165, 1.54) is 12.3 Å². The summed E-state index contributed by atoms with van der Waals surface area (Å²) in [6.45, 7) is 0. The number of phenolic OH excluding ortho intramolecular Hbond substituents is 2. The number of nitrogens with zero attached hydrogens (tertiary/aromatic N) is 3. The average Bonchev–Trinajstić information content (AvgIpc) is 2.59. The monoisotopic (exact) mass is 425 g/mol. The molecule has 3 rings (SSSR count). The molecule has 3 aromatic rings. The number of fused-ring (bicyclic) bond motifs is 1. The zero-order valence-electron chi connectivity index (χ0n) is 13.6. The van der Waals surface area contributed by atoms with E-state index in [1.54, 1.807) is 12.1 Å². The third-order valence-electron chi connectivity index (χ3n) is 3.58. The standard InChI is InChI=1S/C15H11N3O8S2/c19-10-7-9(27(21,22)23)5-8-6-11(28(24,25)26)14(15(20)13(8)10)18-17-12-3-1-2-4-16-12/h1-7,19-20H,(H,21,22,23)(H,24,25,26). The van der Waals surface area contributed by atoms with Crippen LogP contribution in [-0.2, 0) is 20.2 Å². The van der Waals surface area contributed by atoms with Gasteiger partial charge in [0, 0.05) is 12.3 Å². The Bertz CT molecular complexity index is 1320. The number of hydrogen-bond donors (Lipinski definition) is 4. The molecule has 0 bridgehead atoms. The summed E-state index contributed by atoms with van der Waals surface area (Å²) in [5.74, 6) is -1.60. The number of aromatic nitrogens is 1. The molecule has 0 saturated heterocycles. The van der Waals surface area contributed by atoms with Gasteiger partial charge in [0.1, 0.15) is 16.3 Å². The third kappa shape index (κ3) is 3.77. The first-order chi connectivity index (χ1) is 13.0. The molecule has 1 aromatic heterocycles. The smallest absolute Gasteiger partial charge is 0.296 e. The Kier molecular flexibility index (Phi) is 4.76. The first-order valence-electron chi connectivity index (χ1n) is 7.29. The number of aromatic hydroxyl groups is 2. The van der Waals surface area contributed by atoms with Gasteiger partial charge in [0.15, 0.2) is 11.6 Å². The molecule has 11 nitrogen and oxygen atoms in total. The Balaban J connectivity index is 2.36. The van der Waals surface area contributed by atoms with E-state index >= 15 is 0 Å². The third-order valence-corrected chi connectivity index (χ3v) is 5.28. The van der Waals surface area contributed by atoms with Crippen LogP contribution < -0.4 is 0 Å². The number of rotatable bonds is 4. The molecule has 2 aromatic carbocycles. The maximum atomic E-state index is 11.7. The van der Waals surface area contributed by atoms with Crippen molar-refractivity contribution in [1.82, 2.24) is 4.98 Å². The maximum Gasteiger partial charge on any atom is 0.296 e. The molecule has 0 fully saturated rings. The van der Waals surface area contributed by atoms with Gasteiger partial charge >= 0.3 is 0 Å². The molecule has 13 heteroatoms. The largest absolute Gasteiger partial charge is 0.507 e. The van der Waals surface area contributed by atoms with Crippen molar-refractivity contribution < 1.29 is 36.2 Å². The fourth-order valence-corrected chi connectivity index (χ4v) is 3.59. The second kappa shape index (κ2) is 6.79. The van der Waals surface area contributed by atoms with Crippen molar-refractivity contribution in [2.75, 3.05) is 0 Å². The van der Waals surface area contributed by atoms with E-state index in [0.29, 0.717) is 6.07 Å². The fourth-order valence-electron chi connectivity index (χ4n) is 2.39. The average molecular weight is 425 g/mol. The summed E-state index contributed by atoms with van der Waals surface area (Å²) in [7, 11) is -9.68.